The van der Waals surface area contributed by atoms with Crippen LogP contribution in [0.2, 0.25) is 0 Å². The van der Waals surface area contributed by atoms with Crippen LogP contribution in [0.1, 0.15) is 13.3 Å². The maximum Gasteiger partial charge on any atom is 0.312 e. The molecule has 1 rings (SSSR count). The first-order valence-corrected chi connectivity index (χ1v) is 5.91. The lowest BCUT2D eigenvalue weighted by Crippen LogP contribution is -2.33. The van der Waals surface area contributed by atoms with Crippen LogP contribution in [-0.2, 0) is 0 Å². The molecule has 0 bridgehead atoms. The van der Waals surface area contributed by atoms with E-state index in [0.29, 0.717) is 6.54 Å². The van der Waals surface area contributed by atoms with Crippen LogP contribution >= 0.6 is 0 Å². The third-order valence-electron chi connectivity index (χ3n) is 2.19. The smallest absolute Gasteiger partial charge is 0.312 e. The van der Waals surface area contributed by atoms with E-state index < -0.39 is 17.7 Å². The Hall–Kier alpha value is -2.12. The average Bonchev–Trinajstić information content (AvgIpc) is 2.35. The number of carbonyl (C=O) groups is 1. The van der Waals surface area contributed by atoms with Crippen molar-refractivity contribution in [2.45, 2.75) is 13.3 Å². The first-order chi connectivity index (χ1) is 9.04. The minimum absolute atomic E-state index is 0.00592. The lowest BCUT2D eigenvalue weighted by molar-refractivity contribution is 0.249. The zero-order valence-electron chi connectivity index (χ0n) is 10.6. The van der Waals surface area contributed by atoms with Gasteiger partial charge < -0.3 is 21.7 Å². The summed E-state index contributed by atoms with van der Waals surface area (Å²) in [6.07, 6.45) is 0.795. The van der Waals surface area contributed by atoms with Crippen molar-refractivity contribution in [2.24, 2.45) is 5.73 Å². The van der Waals surface area contributed by atoms with Crippen molar-refractivity contribution in [2.75, 3.05) is 30.3 Å². The van der Waals surface area contributed by atoms with Gasteiger partial charge in [0.15, 0.2) is 23.3 Å². The third kappa shape index (κ3) is 4.94. The highest BCUT2D eigenvalue weighted by atomic mass is 19.1. The number of pyridine rings is 1. The van der Waals surface area contributed by atoms with Crippen molar-refractivity contribution in [1.82, 2.24) is 10.3 Å². The maximum atomic E-state index is 13.4. The number of amides is 2. The summed E-state index contributed by atoms with van der Waals surface area (Å²) in [5.41, 5.74) is 4.87. The summed E-state index contributed by atoms with van der Waals surface area (Å²) in [5, 5.41) is 7.74. The number of anilines is 2. The minimum Gasteiger partial charge on any atom is -0.368 e. The number of primary amides is 1. The highest BCUT2D eigenvalue weighted by Crippen LogP contribution is 2.18. The van der Waals surface area contributed by atoms with Crippen molar-refractivity contribution >= 4 is 17.7 Å². The summed E-state index contributed by atoms with van der Waals surface area (Å²) in [6, 6.07) is 0.0918. The molecule has 0 aromatic carbocycles. The summed E-state index contributed by atoms with van der Waals surface area (Å²) in [5.74, 6) is -1.62. The molecule has 0 saturated heterocycles. The van der Waals surface area contributed by atoms with Gasteiger partial charge in [0.2, 0.25) is 0 Å². The molecule has 0 aliphatic heterocycles. The van der Waals surface area contributed by atoms with Crippen LogP contribution in [0.15, 0.2) is 6.07 Å². The molecule has 0 saturated carbocycles. The van der Waals surface area contributed by atoms with Gasteiger partial charge in [0.25, 0.3) is 0 Å². The van der Waals surface area contributed by atoms with Gasteiger partial charge in [0.05, 0.1) is 0 Å². The maximum absolute atomic E-state index is 13.4. The Morgan fingerprint density at radius 2 is 1.79 bits per heavy atom. The molecule has 6 nitrogen and oxygen atoms in total. The molecule has 2 amide bonds. The SMILES string of the molecule is CCCNc1nc(NCCNC(N)=O)c(F)cc1F. The summed E-state index contributed by atoms with van der Waals surface area (Å²) in [4.78, 5) is 14.2. The van der Waals surface area contributed by atoms with Gasteiger partial charge in [-0.05, 0) is 6.42 Å². The van der Waals surface area contributed by atoms with Crippen molar-refractivity contribution in [3.8, 4) is 0 Å². The molecule has 1 heterocycles. The van der Waals surface area contributed by atoms with Gasteiger partial charge in [-0.25, -0.2) is 18.6 Å². The molecular weight excluding hydrogens is 256 g/mol. The van der Waals surface area contributed by atoms with E-state index in [1.165, 1.54) is 0 Å². The van der Waals surface area contributed by atoms with E-state index in [1.54, 1.807) is 0 Å². The van der Waals surface area contributed by atoms with E-state index in [9.17, 15) is 13.6 Å². The largest absolute Gasteiger partial charge is 0.368 e. The molecule has 1 aromatic rings. The second-order valence-corrected chi connectivity index (χ2v) is 3.79. The Labute approximate surface area is 109 Å². The van der Waals surface area contributed by atoms with Crippen LogP contribution in [0.5, 0.6) is 0 Å². The molecule has 106 valence electrons. The molecule has 0 unspecified atom stereocenters. The average molecular weight is 273 g/mol. The Bertz CT molecular complexity index is 441. The fourth-order valence-corrected chi connectivity index (χ4v) is 1.32. The van der Waals surface area contributed by atoms with Gasteiger partial charge >= 0.3 is 6.03 Å². The Morgan fingerprint density at radius 3 is 2.32 bits per heavy atom. The number of nitrogens with one attached hydrogen (secondary N) is 3. The molecule has 0 atom stereocenters. The first-order valence-electron chi connectivity index (χ1n) is 5.91. The van der Waals surface area contributed by atoms with Crippen LogP contribution in [0, 0.1) is 11.6 Å². The predicted molar refractivity (Wildman–Crippen MR) is 69.0 cm³/mol. The monoisotopic (exact) mass is 273 g/mol. The summed E-state index contributed by atoms with van der Waals surface area (Å²) < 4.78 is 26.8. The standard InChI is InChI=1S/C11H17F2N5O/c1-2-3-15-9-7(12)6-8(13)10(18-9)16-4-5-17-11(14)19/h6H,2-5H2,1H3,(H3,14,17,19)(H2,15,16,18). The van der Waals surface area contributed by atoms with Gasteiger partial charge in [0, 0.05) is 25.7 Å². The number of urea groups is 1. The Balaban J connectivity index is 2.63. The third-order valence-corrected chi connectivity index (χ3v) is 2.19. The van der Waals surface area contributed by atoms with Crippen LogP contribution in [0.3, 0.4) is 0 Å². The quantitative estimate of drug-likeness (QED) is 0.563. The minimum atomic E-state index is -0.793. The molecule has 5 N–H and O–H groups in total. The molecule has 0 aliphatic carbocycles. The van der Waals surface area contributed by atoms with Crippen LogP contribution < -0.4 is 21.7 Å². The molecule has 0 spiro atoms. The highest BCUT2D eigenvalue weighted by molar-refractivity contribution is 5.71. The number of hydrogen-bond acceptors (Lipinski definition) is 4. The number of aromatic nitrogens is 1. The normalized spacial score (nSPS) is 10.1. The number of nitrogens with two attached hydrogens (primary N) is 1. The van der Waals surface area contributed by atoms with Crippen LogP contribution in [0.4, 0.5) is 25.2 Å². The second-order valence-electron chi connectivity index (χ2n) is 3.79. The van der Waals surface area contributed by atoms with Crippen molar-refractivity contribution in [3.63, 3.8) is 0 Å². The van der Waals surface area contributed by atoms with Gasteiger partial charge in [-0.3, -0.25) is 0 Å². The molecule has 1 aromatic heterocycles. The fourth-order valence-electron chi connectivity index (χ4n) is 1.32. The molecular formula is C11H17F2N5O. The number of halogens is 2. The van der Waals surface area contributed by atoms with E-state index in [0.717, 1.165) is 12.5 Å². The van der Waals surface area contributed by atoms with E-state index >= 15 is 0 Å². The predicted octanol–water partition coefficient (Wildman–Crippen LogP) is 1.26. The van der Waals surface area contributed by atoms with E-state index in [4.69, 9.17) is 5.73 Å². The number of nitrogens with zero attached hydrogens (tertiary/aromatic N) is 1. The summed E-state index contributed by atoms with van der Waals surface area (Å²) in [6.45, 7) is 2.90. The van der Waals surface area contributed by atoms with Gasteiger partial charge in [-0.1, -0.05) is 6.92 Å². The molecule has 0 fully saturated rings. The second kappa shape index (κ2) is 7.34. The number of rotatable bonds is 7. The van der Waals surface area contributed by atoms with Crippen LogP contribution in [0.25, 0.3) is 0 Å². The fraction of sp³-hybridized carbons (Fsp3) is 0.455. The van der Waals surface area contributed by atoms with E-state index in [-0.39, 0.29) is 24.7 Å². The molecule has 0 aliphatic rings. The van der Waals surface area contributed by atoms with Crippen LogP contribution in [-0.4, -0.2) is 30.6 Å². The van der Waals surface area contributed by atoms with Gasteiger partial charge in [-0.2, -0.15) is 0 Å². The van der Waals surface area contributed by atoms with Crippen molar-refractivity contribution in [1.29, 1.82) is 0 Å². The van der Waals surface area contributed by atoms with E-state index in [2.05, 4.69) is 20.9 Å². The zero-order chi connectivity index (χ0) is 14.3. The molecule has 19 heavy (non-hydrogen) atoms. The number of carbonyl (C=O) groups excluding carboxylic acids is 1. The van der Waals surface area contributed by atoms with Crippen molar-refractivity contribution in [3.05, 3.63) is 17.7 Å². The molecule has 0 radical (unpaired) electrons. The lowest BCUT2D eigenvalue weighted by atomic mass is 10.3. The summed E-state index contributed by atoms with van der Waals surface area (Å²) in [7, 11) is 0. The topological polar surface area (TPSA) is 92.1 Å². The zero-order valence-corrected chi connectivity index (χ0v) is 10.6. The first kappa shape index (κ1) is 14.9. The number of hydrogen-bond donors (Lipinski definition) is 4. The van der Waals surface area contributed by atoms with Crippen molar-refractivity contribution < 1.29 is 13.6 Å². The summed E-state index contributed by atoms with van der Waals surface area (Å²) >= 11 is 0. The Morgan fingerprint density at radius 1 is 1.21 bits per heavy atom. The van der Waals surface area contributed by atoms with E-state index in [1.807, 2.05) is 6.92 Å². The Kier molecular flexibility index (Phi) is 5.77. The van der Waals surface area contributed by atoms with Gasteiger partial charge in [-0.15, -0.1) is 0 Å². The molecule has 8 heteroatoms. The van der Waals surface area contributed by atoms with Gasteiger partial charge in [0.1, 0.15) is 0 Å². The highest BCUT2D eigenvalue weighted by Gasteiger charge is 2.11. The lowest BCUT2D eigenvalue weighted by Gasteiger charge is -2.10.